The standard InChI is InChI=1S/C16H22N2O3/c1-3-12(2)17-15(19)14-10-7-11-18(14)16(20)21-13-8-5-4-6-9-13/h4-6,8-9,12,14H,3,7,10-11H2,1-2H3,(H,17,19)/t12-,14+/m0/s1. The van der Waals surface area contributed by atoms with Gasteiger partial charge in [0.05, 0.1) is 0 Å². The number of hydrogen-bond acceptors (Lipinski definition) is 3. The molecule has 21 heavy (non-hydrogen) atoms. The van der Waals surface area contributed by atoms with Gasteiger partial charge in [-0.3, -0.25) is 9.69 Å². The van der Waals surface area contributed by atoms with E-state index in [2.05, 4.69) is 5.32 Å². The van der Waals surface area contributed by atoms with Crippen LogP contribution in [0.15, 0.2) is 30.3 Å². The fraction of sp³-hybridized carbons (Fsp3) is 0.500. The first kappa shape index (κ1) is 15.4. The van der Waals surface area contributed by atoms with Gasteiger partial charge in [0.15, 0.2) is 0 Å². The highest BCUT2D eigenvalue weighted by Gasteiger charge is 2.35. The molecule has 2 atom stereocenters. The molecule has 1 aliphatic heterocycles. The Morgan fingerprint density at radius 3 is 2.76 bits per heavy atom. The van der Waals surface area contributed by atoms with Crippen LogP contribution < -0.4 is 10.1 Å². The molecule has 0 aliphatic carbocycles. The number of carbonyl (C=O) groups excluding carboxylic acids is 2. The minimum atomic E-state index is -0.456. The molecule has 1 aliphatic rings. The largest absolute Gasteiger partial charge is 0.415 e. The van der Waals surface area contributed by atoms with Crippen LogP contribution in [0.3, 0.4) is 0 Å². The summed E-state index contributed by atoms with van der Waals surface area (Å²) in [6.07, 6.45) is 1.92. The summed E-state index contributed by atoms with van der Waals surface area (Å²) in [5.74, 6) is 0.405. The second kappa shape index (κ2) is 7.11. The molecule has 0 saturated carbocycles. The molecular formula is C16H22N2O3. The summed E-state index contributed by atoms with van der Waals surface area (Å²) in [5.41, 5.74) is 0. The number of amides is 2. The first-order valence-corrected chi connectivity index (χ1v) is 7.45. The molecule has 1 saturated heterocycles. The van der Waals surface area contributed by atoms with E-state index in [0.717, 1.165) is 12.8 Å². The number of benzene rings is 1. The number of nitrogens with zero attached hydrogens (tertiary/aromatic N) is 1. The second-order valence-corrected chi connectivity index (χ2v) is 5.35. The molecule has 0 aromatic heterocycles. The van der Waals surface area contributed by atoms with Crippen molar-refractivity contribution in [3.63, 3.8) is 0 Å². The van der Waals surface area contributed by atoms with Gasteiger partial charge in [-0.25, -0.2) is 4.79 Å². The molecule has 1 N–H and O–H groups in total. The fourth-order valence-electron chi connectivity index (χ4n) is 2.35. The lowest BCUT2D eigenvalue weighted by Crippen LogP contribution is -2.48. The number of likely N-dealkylation sites (tertiary alicyclic amines) is 1. The lowest BCUT2D eigenvalue weighted by atomic mass is 10.2. The maximum atomic E-state index is 12.2. The van der Waals surface area contributed by atoms with Crippen molar-refractivity contribution in [3.8, 4) is 5.75 Å². The van der Waals surface area contributed by atoms with E-state index in [1.807, 2.05) is 19.9 Å². The molecule has 1 aromatic carbocycles. The van der Waals surface area contributed by atoms with Crippen molar-refractivity contribution >= 4 is 12.0 Å². The average molecular weight is 290 g/mol. The Balaban J connectivity index is 1.97. The Bertz CT molecular complexity index is 490. The molecule has 1 aromatic rings. The van der Waals surface area contributed by atoms with E-state index in [4.69, 9.17) is 4.74 Å². The third-order valence-electron chi connectivity index (χ3n) is 3.74. The summed E-state index contributed by atoms with van der Waals surface area (Å²) in [5, 5.41) is 2.93. The molecule has 0 radical (unpaired) electrons. The van der Waals surface area contributed by atoms with E-state index in [1.54, 1.807) is 24.3 Å². The Kier molecular flexibility index (Phi) is 5.20. The van der Waals surface area contributed by atoms with Crippen LogP contribution in [-0.4, -0.2) is 35.5 Å². The van der Waals surface area contributed by atoms with Crippen molar-refractivity contribution < 1.29 is 14.3 Å². The van der Waals surface area contributed by atoms with Crippen molar-refractivity contribution in [2.75, 3.05) is 6.54 Å². The van der Waals surface area contributed by atoms with Gasteiger partial charge < -0.3 is 10.1 Å². The maximum absolute atomic E-state index is 12.2. The van der Waals surface area contributed by atoms with Gasteiger partial charge in [0.25, 0.3) is 0 Å². The first-order chi connectivity index (χ1) is 10.1. The predicted octanol–water partition coefficient (Wildman–Crippen LogP) is 2.56. The minimum absolute atomic E-state index is 0.0909. The van der Waals surface area contributed by atoms with Gasteiger partial charge in [-0.1, -0.05) is 25.1 Å². The van der Waals surface area contributed by atoms with Gasteiger partial charge in [0, 0.05) is 12.6 Å². The summed E-state index contributed by atoms with van der Waals surface area (Å²) in [6, 6.07) is 8.61. The lowest BCUT2D eigenvalue weighted by Gasteiger charge is -2.24. The van der Waals surface area contributed by atoms with Crippen LogP contribution in [-0.2, 0) is 4.79 Å². The van der Waals surface area contributed by atoms with Gasteiger partial charge in [-0.15, -0.1) is 0 Å². The van der Waals surface area contributed by atoms with Crippen molar-refractivity contribution in [2.24, 2.45) is 0 Å². The maximum Gasteiger partial charge on any atom is 0.415 e. The molecule has 2 amide bonds. The number of rotatable bonds is 4. The SMILES string of the molecule is CC[C@H](C)NC(=O)[C@H]1CCCN1C(=O)Oc1ccccc1. The van der Waals surface area contributed by atoms with E-state index in [1.165, 1.54) is 4.90 Å². The molecule has 5 nitrogen and oxygen atoms in total. The predicted molar refractivity (Wildman–Crippen MR) is 80.1 cm³/mol. The summed E-state index contributed by atoms with van der Waals surface area (Å²) < 4.78 is 5.32. The normalized spacial score (nSPS) is 19.1. The zero-order valence-corrected chi connectivity index (χ0v) is 12.5. The fourth-order valence-corrected chi connectivity index (χ4v) is 2.35. The molecule has 2 rings (SSSR count). The number of nitrogens with one attached hydrogen (secondary N) is 1. The highest BCUT2D eigenvalue weighted by molar-refractivity contribution is 5.86. The van der Waals surface area contributed by atoms with E-state index >= 15 is 0 Å². The number of para-hydroxylation sites is 1. The average Bonchev–Trinajstić information content (AvgIpc) is 2.97. The Labute approximate surface area is 125 Å². The zero-order valence-electron chi connectivity index (χ0n) is 12.5. The van der Waals surface area contributed by atoms with E-state index in [0.29, 0.717) is 18.7 Å². The summed E-state index contributed by atoms with van der Waals surface area (Å²) in [4.78, 5) is 25.9. The number of carbonyl (C=O) groups is 2. The Hall–Kier alpha value is -2.04. The quantitative estimate of drug-likeness (QED) is 0.927. The molecule has 114 valence electrons. The smallest absolute Gasteiger partial charge is 0.410 e. The molecular weight excluding hydrogens is 268 g/mol. The highest BCUT2D eigenvalue weighted by atomic mass is 16.6. The topological polar surface area (TPSA) is 58.6 Å². The van der Waals surface area contributed by atoms with E-state index < -0.39 is 12.1 Å². The molecule has 1 heterocycles. The van der Waals surface area contributed by atoms with Crippen molar-refractivity contribution in [2.45, 2.75) is 45.2 Å². The van der Waals surface area contributed by atoms with Crippen molar-refractivity contribution in [3.05, 3.63) is 30.3 Å². The van der Waals surface area contributed by atoms with E-state index in [-0.39, 0.29) is 11.9 Å². The highest BCUT2D eigenvalue weighted by Crippen LogP contribution is 2.20. The third kappa shape index (κ3) is 3.97. The summed E-state index contributed by atoms with van der Waals surface area (Å²) >= 11 is 0. The third-order valence-corrected chi connectivity index (χ3v) is 3.74. The van der Waals surface area contributed by atoms with Gasteiger partial charge in [0.1, 0.15) is 11.8 Å². The van der Waals surface area contributed by atoms with Gasteiger partial charge >= 0.3 is 6.09 Å². The monoisotopic (exact) mass is 290 g/mol. The van der Waals surface area contributed by atoms with Crippen molar-refractivity contribution in [1.29, 1.82) is 0 Å². The van der Waals surface area contributed by atoms with Crippen molar-refractivity contribution in [1.82, 2.24) is 10.2 Å². The first-order valence-electron chi connectivity index (χ1n) is 7.45. The minimum Gasteiger partial charge on any atom is -0.410 e. The molecule has 0 bridgehead atoms. The van der Waals surface area contributed by atoms with Crippen LogP contribution >= 0.6 is 0 Å². The second-order valence-electron chi connectivity index (χ2n) is 5.35. The molecule has 1 fully saturated rings. The molecule has 5 heteroatoms. The van der Waals surface area contributed by atoms with Crippen LogP contribution in [0.25, 0.3) is 0 Å². The van der Waals surface area contributed by atoms with Gasteiger partial charge in [-0.05, 0) is 38.3 Å². The number of ether oxygens (including phenoxy) is 1. The van der Waals surface area contributed by atoms with E-state index in [9.17, 15) is 9.59 Å². The van der Waals surface area contributed by atoms with Gasteiger partial charge in [-0.2, -0.15) is 0 Å². The molecule has 0 spiro atoms. The van der Waals surface area contributed by atoms with Crippen LogP contribution in [0.2, 0.25) is 0 Å². The number of hydrogen-bond donors (Lipinski definition) is 1. The Morgan fingerprint density at radius 2 is 2.10 bits per heavy atom. The molecule has 0 unspecified atom stereocenters. The van der Waals surface area contributed by atoms with Gasteiger partial charge in [0.2, 0.25) is 5.91 Å². The van der Waals surface area contributed by atoms with Crippen LogP contribution in [0.5, 0.6) is 5.75 Å². The van der Waals surface area contributed by atoms with Crippen LogP contribution in [0.1, 0.15) is 33.1 Å². The summed E-state index contributed by atoms with van der Waals surface area (Å²) in [6.45, 7) is 4.53. The zero-order chi connectivity index (χ0) is 15.2. The summed E-state index contributed by atoms with van der Waals surface area (Å²) in [7, 11) is 0. The Morgan fingerprint density at radius 1 is 1.38 bits per heavy atom. The van der Waals surface area contributed by atoms with Crippen LogP contribution in [0, 0.1) is 0 Å². The van der Waals surface area contributed by atoms with Crippen LogP contribution in [0.4, 0.5) is 4.79 Å². The lowest BCUT2D eigenvalue weighted by molar-refractivity contribution is -0.125.